The molecule has 0 radical (unpaired) electrons. The molecule has 1 rings (SSSR count). The molecule has 0 unspecified atom stereocenters. The third kappa shape index (κ3) is 7.15. The highest BCUT2D eigenvalue weighted by Crippen LogP contribution is 2.27. The van der Waals surface area contributed by atoms with Crippen LogP contribution >= 0.6 is 0 Å². The number of ether oxygens (including phenoxy) is 3. The van der Waals surface area contributed by atoms with Gasteiger partial charge in [-0.1, -0.05) is 33.6 Å². The molecule has 6 heteroatoms. The van der Waals surface area contributed by atoms with Crippen molar-refractivity contribution >= 4 is 17.6 Å². The van der Waals surface area contributed by atoms with Gasteiger partial charge in [0.15, 0.2) is 0 Å². The van der Waals surface area contributed by atoms with E-state index in [1.54, 1.807) is 25.1 Å². The maximum absolute atomic E-state index is 12.9. The highest BCUT2D eigenvalue weighted by molar-refractivity contribution is 5.99. The number of esters is 1. The molecular weight excluding hydrogens is 358 g/mol. The van der Waals surface area contributed by atoms with Crippen molar-refractivity contribution in [1.29, 1.82) is 0 Å². The lowest BCUT2D eigenvalue weighted by Gasteiger charge is -2.28. The van der Waals surface area contributed by atoms with Crippen molar-refractivity contribution in [3.05, 3.63) is 23.8 Å². The van der Waals surface area contributed by atoms with E-state index in [1.165, 1.54) is 0 Å². The molecule has 0 fully saturated rings. The largest absolute Gasteiger partial charge is 0.493 e. The maximum Gasteiger partial charge on any atom is 0.341 e. The number of anilines is 1. The minimum Gasteiger partial charge on any atom is -0.493 e. The summed E-state index contributed by atoms with van der Waals surface area (Å²) in [7, 11) is 0. The number of hydrogen-bond acceptors (Lipinski definition) is 5. The third-order valence-electron chi connectivity index (χ3n) is 4.31. The van der Waals surface area contributed by atoms with Crippen LogP contribution in [0.3, 0.4) is 0 Å². The van der Waals surface area contributed by atoms with E-state index < -0.39 is 11.6 Å². The van der Waals surface area contributed by atoms with Crippen LogP contribution < -0.4 is 10.1 Å². The van der Waals surface area contributed by atoms with Crippen molar-refractivity contribution in [2.24, 2.45) is 0 Å². The van der Waals surface area contributed by atoms with Gasteiger partial charge in [0.1, 0.15) is 16.9 Å². The number of rotatable bonds is 13. The van der Waals surface area contributed by atoms with Crippen LogP contribution in [0.25, 0.3) is 0 Å². The molecule has 1 N–H and O–H groups in total. The second-order valence-corrected chi connectivity index (χ2v) is 6.92. The summed E-state index contributed by atoms with van der Waals surface area (Å²) >= 11 is 0. The third-order valence-corrected chi connectivity index (χ3v) is 4.31. The zero-order valence-electron chi connectivity index (χ0n) is 17.9. The fourth-order valence-corrected chi connectivity index (χ4v) is 2.67. The predicted molar refractivity (Wildman–Crippen MR) is 111 cm³/mol. The average Bonchev–Trinajstić information content (AvgIpc) is 2.69. The second kappa shape index (κ2) is 12.4. The molecule has 0 aromatic heterocycles. The van der Waals surface area contributed by atoms with Crippen molar-refractivity contribution in [3.8, 4) is 5.75 Å². The van der Waals surface area contributed by atoms with Crippen LogP contribution in [0.1, 0.15) is 77.1 Å². The molecule has 0 aliphatic rings. The fourth-order valence-electron chi connectivity index (χ4n) is 2.67. The molecule has 1 amide bonds. The van der Waals surface area contributed by atoms with E-state index in [0.717, 1.165) is 25.7 Å². The molecule has 0 spiro atoms. The Bertz CT molecular complexity index is 621. The first-order valence-corrected chi connectivity index (χ1v) is 10.3. The first-order valence-electron chi connectivity index (χ1n) is 10.3. The van der Waals surface area contributed by atoms with Gasteiger partial charge in [0.05, 0.1) is 13.2 Å². The number of amides is 1. The molecule has 28 heavy (non-hydrogen) atoms. The quantitative estimate of drug-likeness (QED) is 0.479. The van der Waals surface area contributed by atoms with Crippen molar-refractivity contribution in [3.63, 3.8) is 0 Å². The normalized spacial score (nSPS) is 12.9. The summed E-state index contributed by atoms with van der Waals surface area (Å²) < 4.78 is 16.7. The van der Waals surface area contributed by atoms with E-state index in [4.69, 9.17) is 14.2 Å². The maximum atomic E-state index is 12.9. The Kier molecular flexibility index (Phi) is 10.6. The summed E-state index contributed by atoms with van der Waals surface area (Å²) in [5, 5.41) is 2.89. The second-order valence-electron chi connectivity index (χ2n) is 6.92. The van der Waals surface area contributed by atoms with Gasteiger partial charge in [-0.3, -0.25) is 4.79 Å². The summed E-state index contributed by atoms with van der Waals surface area (Å²) in [6, 6.07) is 5.01. The number of carbonyl (C=O) groups is 2. The number of carbonyl (C=O) groups excluding carboxylic acids is 2. The minimum atomic E-state index is -0.909. The summed E-state index contributed by atoms with van der Waals surface area (Å²) in [4.78, 5) is 25.2. The van der Waals surface area contributed by atoms with Crippen LogP contribution in [0.4, 0.5) is 5.69 Å². The van der Waals surface area contributed by atoms with Crippen molar-refractivity contribution in [1.82, 2.24) is 0 Å². The van der Waals surface area contributed by atoms with Crippen LogP contribution in [-0.4, -0.2) is 37.3 Å². The Hall–Kier alpha value is -2.08. The van der Waals surface area contributed by atoms with Gasteiger partial charge < -0.3 is 19.5 Å². The van der Waals surface area contributed by atoms with Gasteiger partial charge >= 0.3 is 5.97 Å². The van der Waals surface area contributed by atoms with Gasteiger partial charge in [0, 0.05) is 12.3 Å². The lowest BCUT2D eigenvalue weighted by atomic mass is 9.97. The predicted octanol–water partition coefficient (Wildman–Crippen LogP) is 4.97. The lowest BCUT2D eigenvalue weighted by Crippen LogP contribution is -2.43. The number of benzene rings is 1. The standard InChI is InChI=1S/C22H35NO5/c1-6-10-13-22(5,28-15-8-3)21(25)23-17-11-12-19(27-14-7-2)18(16-17)20(24)26-9-4/h11-12,16H,6-10,13-15H2,1-5H3,(H,23,25)/t22-/m0/s1. The molecule has 1 atom stereocenters. The Balaban J connectivity index is 3.05. The SMILES string of the molecule is CCCC[C@](C)(OCCC)C(=O)Nc1ccc(OCCC)c(C(=O)OCC)c1. The molecule has 0 heterocycles. The van der Waals surface area contributed by atoms with Gasteiger partial charge in [-0.2, -0.15) is 0 Å². The van der Waals surface area contributed by atoms with Gasteiger partial charge in [-0.15, -0.1) is 0 Å². The Morgan fingerprint density at radius 2 is 1.75 bits per heavy atom. The van der Waals surface area contributed by atoms with E-state index in [2.05, 4.69) is 12.2 Å². The molecule has 158 valence electrons. The Morgan fingerprint density at radius 3 is 2.36 bits per heavy atom. The smallest absolute Gasteiger partial charge is 0.341 e. The monoisotopic (exact) mass is 393 g/mol. The molecule has 0 aliphatic heterocycles. The average molecular weight is 394 g/mol. The van der Waals surface area contributed by atoms with E-state index >= 15 is 0 Å². The van der Waals surface area contributed by atoms with Crippen molar-refractivity contribution in [2.75, 3.05) is 25.1 Å². The minimum absolute atomic E-state index is 0.216. The molecular formula is C22H35NO5. The van der Waals surface area contributed by atoms with Crippen molar-refractivity contribution in [2.45, 2.75) is 72.3 Å². The van der Waals surface area contributed by atoms with E-state index in [-0.39, 0.29) is 12.5 Å². The Labute approximate surface area is 168 Å². The van der Waals surface area contributed by atoms with Crippen LogP contribution in [0.5, 0.6) is 5.75 Å². The van der Waals surface area contributed by atoms with Gasteiger partial charge in [-0.05, 0) is 51.3 Å². The van der Waals surface area contributed by atoms with Crippen LogP contribution in [0.15, 0.2) is 18.2 Å². The van der Waals surface area contributed by atoms with Crippen LogP contribution in [0, 0.1) is 0 Å². The Morgan fingerprint density at radius 1 is 1.04 bits per heavy atom. The van der Waals surface area contributed by atoms with Gasteiger partial charge in [-0.25, -0.2) is 4.79 Å². The fraction of sp³-hybridized carbons (Fsp3) is 0.636. The summed E-state index contributed by atoms with van der Waals surface area (Å²) in [6.07, 6.45) is 4.18. The van der Waals surface area contributed by atoms with Crippen LogP contribution in [0.2, 0.25) is 0 Å². The van der Waals surface area contributed by atoms with Crippen LogP contribution in [-0.2, 0) is 14.3 Å². The zero-order chi connectivity index (χ0) is 21.0. The molecule has 0 bridgehead atoms. The van der Waals surface area contributed by atoms with E-state index in [9.17, 15) is 9.59 Å². The molecule has 6 nitrogen and oxygen atoms in total. The summed E-state index contributed by atoms with van der Waals surface area (Å²) in [5.74, 6) is -0.235. The van der Waals surface area contributed by atoms with E-state index in [1.807, 2.05) is 20.8 Å². The number of unbranched alkanes of at least 4 members (excludes halogenated alkanes) is 1. The highest BCUT2D eigenvalue weighted by atomic mass is 16.5. The van der Waals surface area contributed by atoms with Gasteiger partial charge in [0.2, 0.25) is 0 Å². The molecule has 0 aliphatic carbocycles. The molecule has 1 aromatic carbocycles. The van der Waals surface area contributed by atoms with Gasteiger partial charge in [0.25, 0.3) is 5.91 Å². The molecule has 0 saturated carbocycles. The summed E-state index contributed by atoms with van der Waals surface area (Å²) in [5.41, 5.74) is -0.0920. The number of nitrogens with one attached hydrogen (secondary N) is 1. The van der Waals surface area contributed by atoms with Crippen molar-refractivity contribution < 1.29 is 23.8 Å². The zero-order valence-corrected chi connectivity index (χ0v) is 17.9. The first-order chi connectivity index (χ1) is 13.4. The first kappa shape index (κ1) is 24.0. The summed E-state index contributed by atoms with van der Waals surface area (Å²) in [6.45, 7) is 10.9. The highest BCUT2D eigenvalue weighted by Gasteiger charge is 2.33. The molecule has 0 saturated heterocycles. The number of hydrogen-bond donors (Lipinski definition) is 1. The van der Waals surface area contributed by atoms with E-state index in [0.29, 0.717) is 36.6 Å². The topological polar surface area (TPSA) is 73.9 Å². The molecule has 1 aromatic rings. The lowest BCUT2D eigenvalue weighted by molar-refractivity contribution is -0.140.